The maximum absolute atomic E-state index is 12.0. The van der Waals surface area contributed by atoms with Gasteiger partial charge in [-0.3, -0.25) is 9.59 Å². The molecule has 0 bridgehead atoms. The second kappa shape index (κ2) is 6.41. The summed E-state index contributed by atoms with van der Waals surface area (Å²) < 4.78 is 11.1. The molecule has 4 aromatic rings. The zero-order chi connectivity index (χ0) is 18.1. The van der Waals surface area contributed by atoms with Crippen LogP contribution in [0.4, 0.5) is 0 Å². The van der Waals surface area contributed by atoms with Gasteiger partial charge in [0, 0.05) is 37.7 Å². The smallest absolute Gasteiger partial charge is 0.245 e. The Morgan fingerprint density at radius 1 is 0.846 bits per heavy atom. The van der Waals surface area contributed by atoms with Crippen molar-refractivity contribution in [2.24, 2.45) is 0 Å². The largest absolute Gasteiger partial charge is 0.442 e. The van der Waals surface area contributed by atoms with Crippen LogP contribution in [0.25, 0.3) is 22.1 Å². The van der Waals surface area contributed by atoms with Gasteiger partial charge in [-0.05, 0) is 18.2 Å². The van der Waals surface area contributed by atoms with E-state index in [0.29, 0.717) is 22.2 Å². The van der Waals surface area contributed by atoms with Crippen LogP contribution in [0.3, 0.4) is 0 Å². The molecule has 2 N–H and O–H groups in total. The van der Waals surface area contributed by atoms with E-state index in [1.54, 1.807) is 36.7 Å². The summed E-state index contributed by atoms with van der Waals surface area (Å²) in [5.41, 5.74) is 1.78. The minimum absolute atomic E-state index is 0.203. The van der Waals surface area contributed by atoms with Gasteiger partial charge in [0.1, 0.15) is 16.7 Å². The number of rotatable bonds is 4. The highest BCUT2D eigenvalue weighted by Crippen LogP contribution is 2.22. The molecule has 0 fully saturated rings. The number of methoxy groups -OCH3 is 1. The third kappa shape index (κ3) is 2.82. The maximum Gasteiger partial charge on any atom is 0.245 e. The van der Waals surface area contributed by atoms with Crippen LogP contribution in [0.15, 0.2) is 58.4 Å². The normalized spacial score (nSPS) is 12.3. The fourth-order valence-corrected chi connectivity index (χ4v) is 2.63. The summed E-state index contributed by atoms with van der Waals surface area (Å²) in [7, 11) is 1.46. The first kappa shape index (κ1) is 16.0. The molecular formula is C18H14N4O4. The second-order valence-corrected chi connectivity index (χ2v) is 5.55. The summed E-state index contributed by atoms with van der Waals surface area (Å²) in [5.74, 6) is 0.213. The molecule has 0 aliphatic rings. The van der Waals surface area contributed by atoms with Crippen LogP contribution < -0.4 is 15.6 Å². The maximum atomic E-state index is 12.0. The van der Waals surface area contributed by atoms with Crippen LogP contribution in [0.1, 0.15) is 12.0 Å². The Morgan fingerprint density at radius 3 is 2.12 bits per heavy atom. The molecule has 26 heavy (non-hydrogen) atoms. The number of aromatic amines is 2. The summed E-state index contributed by atoms with van der Waals surface area (Å²) in [5, 5.41) is 0. The monoisotopic (exact) mass is 350 g/mol. The number of nitrogens with one attached hydrogen (secondary N) is 2. The SMILES string of the molecule is COC(Oc1ccc2[nH]ccc(=O)c2n1)c1ccc2[nH]ccc(=O)c2n1. The lowest BCUT2D eigenvalue weighted by Gasteiger charge is -2.16. The van der Waals surface area contributed by atoms with Crippen molar-refractivity contribution in [1.29, 1.82) is 0 Å². The Kier molecular flexibility index (Phi) is 3.94. The number of nitrogens with zero attached hydrogens (tertiary/aromatic N) is 2. The van der Waals surface area contributed by atoms with E-state index in [1.165, 1.54) is 19.2 Å². The third-order valence-corrected chi connectivity index (χ3v) is 3.88. The highest BCUT2D eigenvalue weighted by atomic mass is 16.7. The van der Waals surface area contributed by atoms with Crippen LogP contribution in [0.2, 0.25) is 0 Å². The Morgan fingerprint density at radius 2 is 1.46 bits per heavy atom. The first-order valence-electron chi connectivity index (χ1n) is 7.82. The molecular weight excluding hydrogens is 336 g/mol. The van der Waals surface area contributed by atoms with Crippen LogP contribution in [-0.4, -0.2) is 27.0 Å². The summed E-state index contributed by atoms with van der Waals surface area (Å²) in [6, 6.07) is 9.54. The minimum Gasteiger partial charge on any atom is -0.442 e. The van der Waals surface area contributed by atoms with Gasteiger partial charge < -0.3 is 19.4 Å². The molecule has 4 aromatic heterocycles. The van der Waals surface area contributed by atoms with Crippen molar-refractivity contribution >= 4 is 22.1 Å². The summed E-state index contributed by atoms with van der Waals surface area (Å²) in [4.78, 5) is 38.4. The second-order valence-electron chi connectivity index (χ2n) is 5.55. The van der Waals surface area contributed by atoms with Gasteiger partial charge in [0.15, 0.2) is 0 Å². The average molecular weight is 350 g/mol. The Labute approximate surface area is 146 Å². The van der Waals surface area contributed by atoms with Gasteiger partial charge in [0.25, 0.3) is 0 Å². The zero-order valence-electron chi connectivity index (χ0n) is 13.7. The van der Waals surface area contributed by atoms with Gasteiger partial charge in [-0.2, -0.15) is 0 Å². The average Bonchev–Trinajstić information content (AvgIpc) is 2.67. The first-order chi connectivity index (χ1) is 12.7. The van der Waals surface area contributed by atoms with Gasteiger partial charge in [-0.25, -0.2) is 9.97 Å². The Hall–Kier alpha value is -3.52. The lowest BCUT2D eigenvalue weighted by Crippen LogP contribution is -2.14. The lowest BCUT2D eigenvalue weighted by atomic mass is 10.2. The molecule has 0 amide bonds. The molecule has 0 saturated heterocycles. The topological polar surface area (TPSA) is 110 Å². The van der Waals surface area contributed by atoms with E-state index < -0.39 is 6.29 Å². The quantitative estimate of drug-likeness (QED) is 0.544. The van der Waals surface area contributed by atoms with Crippen molar-refractivity contribution in [2.75, 3.05) is 7.11 Å². The molecule has 1 atom stereocenters. The van der Waals surface area contributed by atoms with E-state index in [-0.39, 0.29) is 22.3 Å². The molecule has 0 aliphatic heterocycles. The number of pyridine rings is 4. The first-order valence-corrected chi connectivity index (χ1v) is 7.82. The van der Waals surface area contributed by atoms with E-state index in [1.807, 2.05) is 0 Å². The van der Waals surface area contributed by atoms with E-state index in [2.05, 4.69) is 19.9 Å². The van der Waals surface area contributed by atoms with Gasteiger partial charge in [-0.1, -0.05) is 0 Å². The number of fused-ring (bicyclic) bond motifs is 2. The molecule has 8 heteroatoms. The Bertz CT molecular complexity index is 1210. The van der Waals surface area contributed by atoms with Crippen molar-refractivity contribution in [3.05, 3.63) is 74.9 Å². The van der Waals surface area contributed by atoms with E-state index in [9.17, 15) is 9.59 Å². The number of hydrogen-bond acceptors (Lipinski definition) is 6. The molecule has 0 spiro atoms. The summed E-state index contributed by atoms with van der Waals surface area (Å²) >= 11 is 0. The molecule has 0 aromatic carbocycles. The van der Waals surface area contributed by atoms with Crippen molar-refractivity contribution in [2.45, 2.75) is 6.29 Å². The Balaban J connectivity index is 1.72. The summed E-state index contributed by atoms with van der Waals surface area (Å²) in [6.45, 7) is 0. The van der Waals surface area contributed by atoms with Crippen molar-refractivity contribution < 1.29 is 9.47 Å². The number of H-pyrrole nitrogens is 2. The molecule has 4 heterocycles. The van der Waals surface area contributed by atoms with E-state index in [0.717, 1.165) is 0 Å². The lowest BCUT2D eigenvalue weighted by molar-refractivity contribution is -0.0614. The van der Waals surface area contributed by atoms with Crippen LogP contribution in [-0.2, 0) is 4.74 Å². The van der Waals surface area contributed by atoms with Crippen LogP contribution in [0, 0.1) is 0 Å². The fraction of sp³-hybridized carbons (Fsp3) is 0.111. The fourth-order valence-electron chi connectivity index (χ4n) is 2.63. The molecule has 0 saturated carbocycles. The molecule has 1 unspecified atom stereocenters. The minimum atomic E-state index is -0.883. The molecule has 0 aliphatic carbocycles. The number of hydrogen-bond donors (Lipinski definition) is 2. The van der Waals surface area contributed by atoms with Gasteiger partial charge in [-0.15, -0.1) is 0 Å². The van der Waals surface area contributed by atoms with E-state index >= 15 is 0 Å². The molecule has 130 valence electrons. The number of aromatic nitrogens is 4. The van der Waals surface area contributed by atoms with Crippen LogP contribution in [0.5, 0.6) is 5.88 Å². The predicted octanol–water partition coefficient (Wildman–Crippen LogP) is 1.88. The highest BCUT2D eigenvalue weighted by molar-refractivity contribution is 5.74. The van der Waals surface area contributed by atoms with Gasteiger partial charge in [0.05, 0.1) is 11.0 Å². The van der Waals surface area contributed by atoms with Crippen molar-refractivity contribution in [1.82, 2.24) is 19.9 Å². The van der Waals surface area contributed by atoms with Crippen molar-refractivity contribution in [3.8, 4) is 5.88 Å². The van der Waals surface area contributed by atoms with Gasteiger partial charge in [0.2, 0.25) is 23.0 Å². The third-order valence-electron chi connectivity index (χ3n) is 3.88. The highest BCUT2D eigenvalue weighted by Gasteiger charge is 2.17. The standard InChI is InChI=1S/C18H14N4O4/c1-25-18(12-3-2-10-16(21-12)13(23)6-8-19-10)26-15-5-4-11-17(22-15)14(24)7-9-20-11/h2-9,18H,1H3,(H,19,23)(H,20,24). The molecule has 8 nitrogen and oxygen atoms in total. The molecule has 0 radical (unpaired) electrons. The molecule has 4 rings (SSSR count). The predicted molar refractivity (Wildman–Crippen MR) is 95.1 cm³/mol. The van der Waals surface area contributed by atoms with Gasteiger partial charge >= 0.3 is 0 Å². The zero-order valence-corrected chi connectivity index (χ0v) is 13.7. The number of ether oxygens (including phenoxy) is 2. The summed E-state index contributed by atoms with van der Waals surface area (Å²) in [6.07, 6.45) is 2.24. The van der Waals surface area contributed by atoms with Crippen molar-refractivity contribution in [3.63, 3.8) is 0 Å². The van der Waals surface area contributed by atoms with E-state index in [4.69, 9.17) is 9.47 Å². The van der Waals surface area contributed by atoms with Crippen LogP contribution >= 0.6 is 0 Å².